The molecule has 0 aliphatic carbocycles. The van der Waals surface area contributed by atoms with Crippen LogP contribution < -0.4 is 15.2 Å². The van der Waals surface area contributed by atoms with E-state index >= 15 is 0 Å². The van der Waals surface area contributed by atoms with Crippen LogP contribution in [0.15, 0.2) is 18.2 Å². The summed E-state index contributed by atoms with van der Waals surface area (Å²) in [5.74, 6) is 1.58. The number of rotatable bonds is 3. The molecule has 0 saturated carbocycles. The third-order valence-electron chi connectivity index (χ3n) is 3.74. The van der Waals surface area contributed by atoms with Crippen LogP contribution in [0.25, 0.3) is 0 Å². The van der Waals surface area contributed by atoms with Crippen LogP contribution in [-0.2, 0) is 0 Å². The van der Waals surface area contributed by atoms with Crippen LogP contribution in [0.3, 0.4) is 0 Å². The average Bonchev–Trinajstić information content (AvgIpc) is 2.87. The molecule has 2 heterocycles. The van der Waals surface area contributed by atoms with E-state index in [1.54, 1.807) is 0 Å². The third kappa shape index (κ3) is 2.53. The summed E-state index contributed by atoms with van der Waals surface area (Å²) in [4.78, 5) is 2.89. The van der Waals surface area contributed by atoms with Gasteiger partial charge < -0.3 is 15.2 Å². The maximum absolute atomic E-state index is 5.96. The topological polar surface area (TPSA) is 47.7 Å². The van der Waals surface area contributed by atoms with Gasteiger partial charge in [0.05, 0.1) is 11.0 Å². The maximum atomic E-state index is 5.96. The van der Waals surface area contributed by atoms with Crippen molar-refractivity contribution in [3.63, 3.8) is 0 Å². The molecular weight excluding hydrogens is 260 g/mol. The lowest BCUT2D eigenvalue weighted by atomic mass is 10.0. The molecule has 1 aromatic carbocycles. The molecular formula is C14H18N2O2S. The predicted molar refractivity (Wildman–Crippen MR) is 77.5 cm³/mol. The summed E-state index contributed by atoms with van der Waals surface area (Å²) in [5.41, 5.74) is 7.06. The molecule has 1 aromatic rings. The van der Waals surface area contributed by atoms with E-state index in [2.05, 4.69) is 4.90 Å². The minimum Gasteiger partial charge on any atom is -0.454 e. The van der Waals surface area contributed by atoms with Gasteiger partial charge in [0.2, 0.25) is 6.79 Å². The molecule has 1 fully saturated rings. The van der Waals surface area contributed by atoms with Crippen LogP contribution in [0.5, 0.6) is 11.5 Å². The molecule has 0 aromatic heterocycles. The van der Waals surface area contributed by atoms with Crippen LogP contribution in [0.2, 0.25) is 0 Å². The molecule has 1 atom stereocenters. The van der Waals surface area contributed by atoms with E-state index in [0.717, 1.165) is 30.2 Å². The van der Waals surface area contributed by atoms with E-state index in [1.165, 1.54) is 19.3 Å². The number of piperidine rings is 1. The van der Waals surface area contributed by atoms with Gasteiger partial charge in [-0.3, -0.25) is 4.90 Å². The Hall–Kier alpha value is -1.33. The fourth-order valence-corrected chi connectivity index (χ4v) is 3.10. The summed E-state index contributed by atoms with van der Waals surface area (Å²) in [5, 5.41) is 0. The Morgan fingerprint density at radius 1 is 1.16 bits per heavy atom. The first-order valence-electron chi connectivity index (χ1n) is 6.68. The predicted octanol–water partition coefficient (Wildman–Crippen LogP) is 2.23. The van der Waals surface area contributed by atoms with Crippen molar-refractivity contribution in [1.29, 1.82) is 0 Å². The fourth-order valence-electron chi connectivity index (χ4n) is 2.81. The molecule has 0 amide bonds. The Balaban J connectivity index is 1.89. The highest BCUT2D eigenvalue weighted by Gasteiger charge is 2.26. The molecule has 0 bridgehead atoms. The summed E-state index contributed by atoms with van der Waals surface area (Å²) in [6.45, 7) is 2.40. The Kier molecular flexibility index (Phi) is 3.57. The Bertz CT molecular complexity index is 486. The van der Waals surface area contributed by atoms with E-state index in [-0.39, 0.29) is 6.04 Å². The van der Waals surface area contributed by atoms with Crippen molar-refractivity contribution >= 4 is 17.2 Å². The number of nitrogens with zero attached hydrogens (tertiary/aromatic N) is 1. The van der Waals surface area contributed by atoms with Crippen LogP contribution in [0.4, 0.5) is 0 Å². The fraction of sp³-hybridized carbons (Fsp3) is 0.500. The molecule has 4 nitrogen and oxygen atoms in total. The lowest BCUT2D eigenvalue weighted by Crippen LogP contribution is -2.40. The smallest absolute Gasteiger partial charge is 0.231 e. The number of fused-ring (bicyclic) bond motifs is 1. The van der Waals surface area contributed by atoms with Gasteiger partial charge in [0.15, 0.2) is 11.5 Å². The quantitative estimate of drug-likeness (QED) is 0.859. The molecule has 0 radical (unpaired) electrons. The van der Waals surface area contributed by atoms with E-state index in [1.807, 2.05) is 18.2 Å². The van der Waals surface area contributed by atoms with Gasteiger partial charge in [-0.15, -0.1) is 0 Å². The molecule has 2 aliphatic rings. The summed E-state index contributed by atoms with van der Waals surface area (Å²) < 4.78 is 10.8. The van der Waals surface area contributed by atoms with Gasteiger partial charge in [-0.2, -0.15) is 0 Å². The van der Waals surface area contributed by atoms with Crippen molar-refractivity contribution in [2.45, 2.75) is 25.3 Å². The van der Waals surface area contributed by atoms with Gasteiger partial charge in [0, 0.05) is 0 Å². The average molecular weight is 278 g/mol. The van der Waals surface area contributed by atoms with Crippen LogP contribution in [-0.4, -0.2) is 29.8 Å². The number of hydrogen-bond acceptors (Lipinski definition) is 4. The number of thiocarbonyl (C=S) groups is 1. The first-order valence-corrected chi connectivity index (χ1v) is 7.09. The maximum Gasteiger partial charge on any atom is 0.231 e. The molecule has 2 N–H and O–H groups in total. The van der Waals surface area contributed by atoms with E-state index in [4.69, 9.17) is 27.4 Å². The highest BCUT2D eigenvalue weighted by atomic mass is 32.1. The minimum absolute atomic E-state index is 0.00444. The van der Waals surface area contributed by atoms with Crippen molar-refractivity contribution in [1.82, 2.24) is 4.90 Å². The van der Waals surface area contributed by atoms with Gasteiger partial charge in [-0.25, -0.2) is 0 Å². The van der Waals surface area contributed by atoms with Gasteiger partial charge in [-0.05, 0) is 43.6 Å². The SMILES string of the molecule is NC(=S)C(c1ccc2c(c1)OCO2)N1CCCCC1. The highest BCUT2D eigenvalue weighted by molar-refractivity contribution is 7.80. The molecule has 5 heteroatoms. The number of benzene rings is 1. The number of ether oxygens (including phenoxy) is 2. The largest absolute Gasteiger partial charge is 0.454 e. The standard InChI is InChI=1S/C14H18N2O2S/c15-14(19)13(16-6-2-1-3-7-16)10-4-5-11-12(8-10)18-9-17-11/h4-5,8,13H,1-3,6-7,9H2,(H2,15,19). The first-order chi connectivity index (χ1) is 9.25. The first kappa shape index (κ1) is 12.7. The van der Waals surface area contributed by atoms with Crippen molar-refractivity contribution in [3.8, 4) is 11.5 Å². The minimum atomic E-state index is 0.00444. The van der Waals surface area contributed by atoms with Crippen LogP contribution >= 0.6 is 12.2 Å². The number of likely N-dealkylation sites (tertiary alicyclic amines) is 1. The van der Waals surface area contributed by atoms with Gasteiger partial charge in [-0.1, -0.05) is 24.7 Å². The molecule has 1 saturated heterocycles. The highest BCUT2D eigenvalue weighted by Crippen LogP contribution is 2.36. The zero-order chi connectivity index (χ0) is 13.2. The molecule has 102 valence electrons. The lowest BCUT2D eigenvalue weighted by molar-refractivity contribution is 0.173. The van der Waals surface area contributed by atoms with Crippen molar-refractivity contribution in [2.75, 3.05) is 19.9 Å². The Morgan fingerprint density at radius 3 is 2.63 bits per heavy atom. The normalized spacial score (nSPS) is 20.2. The monoisotopic (exact) mass is 278 g/mol. The van der Waals surface area contributed by atoms with Crippen LogP contribution in [0.1, 0.15) is 30.9 Å². The second kappa shape index (κ2) is 5.35. The molecule has 19 heavy (non-hydrogen) atoms. The molecule has 3 rings (SSSR count). The Labute approximate surface area is 118 Å². The summed E-state index contributed by atoms with van der Waals surface area (Å²) in [6.07, 6.45) is 3.72. The second-order valence-corrected chi connectivity index (χ2v) is 5.49. The molecule has 0 spiro atoms. The van der Waals surface area contributed by atoms with Crippen molar-refractivity contribution < 1.29 is 9.47 Å². The number of hydrogen-bond donors (Lipinski definition) is 1. The van der Waals surface area contributed by atoms with Gasteiger partial charge in [0.1, 0.15) is 0 Å². The van der Waals surface area contributed by atoms with Gasteiger partial charge >= 0.3 is 0 Å². The van der Waals surface area contributed by atoms with E-state index in [0.29, 0.717) is 11.8 Å². The summed E-state index contributed by atoms with van der Waals surface area (Å²) in [7, 11) is 0. The third-order valence-corrected chi connectivity index (χ3v) is 3.96. The summed E-state index contributed by atoms with van der Waals surface area (Å²) >= 11 is 5.27. The van der Waals surface area contributed by atoms with Crippen LogP contribution in [0, 0.1) is 0 Å². The Morgan fingerprint density at radius 2 is 1.89 bits per heavy atom. The molecule has 1 unspecified atom stereocenters. The number of nitrogens with two attached hydrogens (primary N) is 1. The molecule has 2 aliphatic heterocycles. The zero-order valence-electron chi connectivity index (χ0n) is 10.8. The van der Waals surface area contributed by atoms with E-state index in [9.17, 15) is 0 Å². The lowest BCUT2D eigenvalue weighted by Gasteiger charge is -2.34. The zero-order valence-corrected chi connectivity index (χ0v) is 11.6. The van der Waals surface area contributed by atoms with E-state index < -0.39 is 0 Å². The second-order valence-electron chi connectivity index (χ2n) is 5.01. The van der Waals surface area contributed by atoms with Crippen molar-refractivity contribution in [2.24, 2.45) is 5.73 Å². The van der Waals surface area contributed by atoms with Gasteiger partial charge in [0.25, 0.3) is 0 Å². The summed E-state index contributed by atoms with van der Waals surface area (Å²) in [6, 6.07) is 5.98. The van der Waals surface area contributed by atoms with Crippen molar-refractivity contribution in [3.05, 3.63) is 23.8 Å².